The number of terminal acetylenes is 1. The van der Waals surface area contributed by atoms with Gasteiger partial charge < -0.3 is 5.32 Å². The van der Waals surface area contributed by atoms with Gasteiger partial charge in [-0.05, 0) is 29.8 Å². The molecule has 0 aliphatic heterocycles. The van der Waals surface area contributed by atoms with Gasteiger partial charge in [0.05, 0.1) is 11.9 Å². The Bertz CT molecular complexity index is 461. The first kappa shape index (κ1) is 12.8. The number of halogens is 1. The Balaban J connectivity index is 2.96. The number of aryl methyl sites for hydroxylation is 1. The molecule has 0 fully saturated rings. The molecule has 5 heteroatoms. The summed E-state index contributed by atoms with van der Waals surface area (Å²) in [4.78, 5) is 11.7. The summed E-state index contributed by atoms with van der Waals surface area (Å²) in [5.41, 5.74) is 0.540. The predicted molar refractivity (Wildman–Crippen MR) is 68.4 cm³/mol. The fourth-order valence-corrected chi connectivity index (χ4v) is 1.71. The Morgan fingerprint density at radius 3 is 3.00 bits per heavy atom. The maximum absolute atomic E-state index is 11.7. The van der Waals surface area contributed by atoms with Crippen LogP contribution in [0.25, 0.3) is 0 Å². The molecule has 16 heavy (non-hydrogen) atoms. The van der Waals surface area contributed by atoms with Crippen molar-refractivity contribution in [2.75, 3.05) is 5.32 Å². The molecule has 1 aromatic rings. The lowest BCUT2D eigenvalue weighted by Gasteiger charge is -2.13. The molecule has 4 nitrogen and oxygen atoms in total. The maximum atomic E-state index is 11.7. The average molecular weight is 284 g/mol. The molecule has 1 rings (SSSR count). The number of hydrogen-bond acceptors (Lipinski definition) is 3. The molecular weight excluding hydrogens is 270 g/mol. The summed E-state index contributed by atoms with van der Waals surface area (Å²) in [6.07, 6.45) is 7.44. The maximum Gasteiger partial charge on any atom is 0.283 e. The molecule has 1 atom stereocenters. The van der Waals surface area contributed by atoms with Crippen molar-refractivity contribution in [2.24, 2.45) is 0 Å². The monoisotopic (exact) mass is 283 g/mol. The Labute approximate surface area is 103 Å². The molecule has 1 N–H and O–H groups in total. The molecule has 0 bridgehead atoms. The van der Waals surface area contributed by atoms with Crippen molar-refractivity contribution in [1.82, 2.24) is 9.78 Å². The first-order valence-corrected chi connectivity index (χ1v) is 5.85. The second kappa shape index (κ2) is 5.71. The Morgan fingerprint density at radius 1 is 1.75 bits per heavy atom. The minimum atomic E-state index is -0.139. The molecule has 0 spiro atoms. The van der Waals surface area contributed by atoms with Crippen molar-refractivity contribution in [1.29, 1.82) is 0 Å². The first-order valence-electron chi connectivity index (χ1n) is 5.05. The highest BCUT2D eigenvalue weighted by atomic mass is 79.9. The van der Waals surface area contributed by atoms with E-state index in [4.69, 9.17) is 6.42 Å². The number of nitrogens with zero attached hydrogens (tertiary/aromatic N) is 2. The van der Waals surface area contributed by atoms with Crippen molar-refractivity contribution < 1.29 is 0 Å². The van der Waals surface area contributed by atoms with Crippen molar-refractivity contribution in [3.8, 4) is 12.3 Å². The lowest BCUT2D eigenvalue weighted by molar-refractivity contribution is 0.612. The predicted octanol–water partition coefficient (Wildman–Crippen LogP) is 1.85. The molecule has 1 heterocycles. The van der Waals surface area contributed by atoms with E-state index in [0.717, 1.165) is 0 Å². The molecular formula is C11H14BrN3O. The summed E-state index contributed by atoms with van der Waals surface area (Å²) < 4.78 is 1.88. The van der Waals surface area contributed by atoms with Crippen LogP contribution in [0.4, 0.5) is 5.69 Å². The number of anilines is 1. The third-order valence-electron chi connectivity index (χ3n) is 2.11. The summed E-state index contributed by atoms with van der Waals surface area (Å²) in [5.74, 6) is 2.56. The Kier molecular flexibility index (Phi) is 4.56. The third kappa shape index (κ3) is 2.86. The van der Waals surface area contributed by atoms with E-state index < -0.39 is 0 Å². The van der Waals surface area contributed by atoms with Crippen LogP contribution in [-0.4, -0.2) is 15.8 Å². The zero-order valence-electron chi connectivity index (χ0n) is 9.33. The zero-order chi connectivity index (χ0) is 12.1. The van der Waals surface area contributed by atoms with E-state index >= 15 is 0 Å². The topological polar surface area (TPSA) is 46.9 Å². The van der Waals surface area contributed by atoms with Crippen LogP contribution in [0.5, 0.6) is 0 Å². The first-order chi connectivity index (χ1) is 7.60. The fraction of sp³-hybridized carbons (Fsp3) is 0.455. The lowest BCUT2D eigenvalue weighted by atomic mass is 10.2. The van der Waals surface area contributed by atoms with Gasteiger partial charge in [0.25, 0.3) is 5.56 Å². The van der Waals surface area contributed by atoms with E-state index in [0.29, 0.717) is 23.1 Å². The Hall–Kier alpha value is -1.28. The molecule has 1 unspecified atom stereocenters. The minimum absolute atomic E-state index is 0.111. The highest BCUT2D eigenvalue weighted by molar-refractivity contribution is 9.10. The van der Waals surface area contributed by atoms with Gasteiger partial charge in [-0.1, -0.05) is 0 Å². The van der Waals surface area contributed by atoms with Gasteiger partial charge in [0.15, 0.2) is 0 Å². The van der Waals surface area contributed by atoms with E-state index in [9.17, 15) is 4.79 Å². The van der Waals surface area contributed by atoms with Crippen LogP contribution >= 0.6 is 15.9 Å². The Morgan fingerprint density at radius 2 is 2.44 bits per heavy atom. The lowest BCUT2D eigenvalue weighted by Crippen LogP contribution is -2.25. The summed E-state index contributed by atoms with van der Waals surface area (Å²) in [7, 11) is 0. The number of aromatic nitrogens is 2. The van der Waals surface area contributed by atoms with Gasteiger partial charge in [-0.15, -0.1) is 12.3 Å². The van der Waals surface area contributed by atoms with Crippen LogP contribution in [0.2, 0.25) is 0 Å². The summed E-state index contributed by atoms with van der Waals surface area (Å²) in [6.45, 7) is 4.38. The van der Waals surface area contributed by atoms with E-state index in [1.807, 2.05) is 13.8 Å². The van der Waals surface area contributed by atoms with Crippen molar-refractivity contribution in [2.45, 2.75) is 32.9 Å². The standard InChI is InChI=1S/C11H14BrN3O/c1-4-6-8(3)14-9-7-13-15(5-2)11(16)10(9)12/h1,7-8,14H,5-6H2,2-3H3. The van der Waals surface area contributed by atoms with Crippen molar-refractivity contribution in [3.63, 3.8) is 0 Å². The molecule has 1 aromatic heterocycles. The zero-order valence-corrected chi connectivity index (χ0v) is 10.9. The average Bonchev–Trinajstić information content (AvgIpc) is 2.25. The van der Waals surface area contributed by atoms with Crippen LogP contribution in [0, 0.1) is 12.3 Å². The summed E-state index contributed by atoms with van der Waals surface area (Å²) in [6, 6.07) is 0.111. The number of nitrogens with one attached hydrogen (secondary N) is 1. The summed E-state index contributed by atoms with van der Waals surface area (Å²) >= 11 is 3.26. The van der Waals surface area contributed by atoms with E-state index in [1.54, 1.807) is 6.20 Å². The van der Waals surface area contributed by atoms with Gasteiger partial charge in [-0.25, -0.2) is 4.68 Å². The molecule has 0 saturated carbocycles. The normalized spacial score (nSPS) is 11.9. The highest BCUT2D eigenvalue weighted by Crippen LogP contribution is 2.17. The van der Waals surface area contributed by atoms with Gasteiger partial charge in [0, 0.05) is 19.0 Å². The molecule has 0 amide bonds. The molecule has 0 aromatic carbocycles. The van der Waals surface area contributed by atoms with Gasteiger partial charge in [-0.3, -0.25) is 4.79 Å². The number of rotatable bonds is 4. The van der Waals surface area contributed by atoms with Gasteiger partial charge >= 0.3 is 0 Å². The van der Waals surface area contributed by atoms with E-state index in [-0.39, 0.29) is 11.6 Å². The van der Waals surface area contributed by atoms with Crippen molar-refractivity contribution in [3.05, 3.63) is 21.0 Å². The third-order valence-corrected chi connectivity index (χ3v) is 2.88. The van der Waals surface area contributed by atoms with Crippen LogP contribution in [0.15, 0.2) is 15.5 Å². The van der Waals surface area contributed by atoms with E-state index in [2.05, 4.69) is 32.3 Å². The van der Waals surface area contributed by atoms with Gasteiger partial charge in [-0.2, -0.15) is 5.10 Å². The number of hydrogen-bond donors (Lipinski definition) is 1. The SMILES string of the molecule is C#CCC(C)Nc1cnn(CC)c(=O)c1Br. The molecule has 0 aliphatic rings. The van der Waals surface area contributed by atoms with Crippen LogP contribution < -0.4 is 10.9 Å². The molecule has 0 radical (unpaired) electrons. The largest absolute Gasteiger partial charge is 0.379 e. The fourth-order valence-electron chi connectivity index (χ4n) is 1.28. The smallest absolute Gasteiger partial charge is 0.283 e. The van der Waals surface area contributed by atoms with Gasteiger partial charge in [0.1, 0.15) is 4.47 Å². The van der Waals surface area contributed by atoms with Crippen LogP contribution in [0.1, 0.15) is 20.3 Å². The van der Waals surface area contributed by atoms with Crippen molar-refractivity contribution >= 4 is 21.6 Å². The minimum Gasteiger partial charge on any atom is -0.379 e. The second-order valence-electron chi connectivity index (χ2n) is 3.45. The van der Waals surface area contributed by atoms with Gasteiger partial charge in [0.2, 0.25) is 0 Å². The second-order valence-corrected chi connectivity index (χ2v) is 4.24. The van der Waals surface area contributed by atoms with E-state index in [1.165, 1.54) is 4.68 Å². The van der Waals surface area contributed by atoms with Crippen LogP contribution in [0.3, 0.4) is 0 Å². The quantitative estimate of drug-likeness (QED) is 0.858. The molecule has 0 saturated heterocycles. The van der Waals surface area contributed by atoms with Crippen LogP contribution in [-0.2, 0) is 6.54 Å². The highest BCUT2D eigenvalue weighted by Gasteiger charge is 2.09. The molecule has 0 aliphatic carbocycles. The summed E-state index contributed by atoms with van der Waals surface area (Å²) in [5, 5.41) is 7.17. The molecule has 86 valence electrons.